The molecular weight excluding hydrogens is 184 g/mol. The predicted octanol–water partition coefficient (Wildman–Crippen LogP) is 2.70. The molecule has 14 heavy (non-hydrogen) atoms. The first-order valence-corrected chi connectivity index (χ1v) is 4.86. The van der Waals surface area contributed by atoms with Crippen molar-refractivity contribution < 1.29 is 8.78 Å². The van der Waals surface area contributed by atoms with E-state index in [9.17, 15) is 8.78 Å². The number of nitrogens with one attached hydrogen (secondary N) is 1. The summed E-state index contributed by atoms with van der Waals surface area (Å²) in [4.78, 5) is 0. The van der Waals surface area contributed by atoms with Gasteiger partial charge in [0.15, 0.2) is 0 Å². The molecule has 0 aliphatic carbocycles. The number of hydrogen-bond donors (Lipinski definition) is 1. The van der Waals surface area contributed by atoms with Crippen LogP contribution in [-0.4, -0.2) is 13.1 Å². The van der Waals surface area contributed by atoms with Crippen LogP contribution in [0.25, 0.3) is 0 Å². The van der Waals surface area contributed by atoms with Crippen molar-refractivity contribution in [3.05, 3.63) is 35.4 Å². The van der Waals surface area contributed by atoms with Gasteiger partial charge in [-0.15, -0.1) is 0 Å². The van der Waals surface area contributed by atoms with Crippen molar-refractivity contribution in [3.8, 4) is 0 Å². The van der Waals surface area contributed by atoms with Crippen molar-refractivity contribution in [2.24, 2.45) is 0 Å². The average molecular weight is 197 g/mol. The highest BCUT2D eigenvalue weighted by Crippen LogP contribution is 2.25. The Morgan fingerprint density at radius 3 is 2.43 bits per heavy atom. The summed E-state index contributed by atoms with van der Waals surface area (Å²) in [7, 11) is 0. The van der Waals surface area contributed by atoms with Gasteiger partial charge in [-0.25, -0.2) is 8.78 Å². The van der Waals surface area contributed by atoms with Crippen molar-refractivity contribution in [2.75, 3.05) is 13.1 Å². The molecule has 3 heteroatoms. The van der Waals surface area contributed by atoms with Gasteiger partial charge >= 0.3 is 0 Å². The molecule has 2 rings (SSSR count). The quantitative estimate of drug-likeness (QED) is 0.768. The van der Waals surface area contributed by atoms with Crippen LogP contribution in [0, 0.1) is 0 Å². The Morgan fingerprint density at radius 1 is 1.21 bits per heavy atom. The highest BCUT2D eigenvalue weighted by atomic mass is 19.3. The van der Waals surface area contributed by atoms with E-state index >= 15 is 0 Å². The Morgan fingerprint density at radius 2 is 1.93 bits per heavy atom. The van der Waals surface area contributed by atoms with Gasteiger partial charge in [0, 0.05) is 12.1 Å². The van der Waals surface area contributed by atoms with Crippen molar-refractivity contribution in [1.29, 1.82) is 0 Å². The van der Waals surface area contributed by atoms with Crippen LogP contribution in [0.4, 0.5) is 8.78 Å². The third kappa shape index (κ3) is 1.93. The summed E-state index contributed by atoms with van der Waals surface area (Å²) in [5.41, 5.74) is 1.28. The summed E-state index contributed by atoms with van der Waals surface area (Å²) in [6, 6.07) is 6.69. The third-order valence-electron chi connectivity index (χ3n) is 2.72. The molecule has 0 amide bonds. The fourth-order valence-electron chi connectivity index (χ4n) is 1.85. The lowest BCUT2D eigenvalue weighted by Gasteiger charge is -2.09. The van der Waals surface area contributed by atoms with Gasteiger partial charge in [0.1, 0.15) is 0 Å². The minimum atomic E-state index is -2.36. The monoisotopic (exact) mass is 197 g/mol. The van der Waals surface area contributed by atoms with Crippen LogP contribution < -0.4 is 5.32 Å². The molecule has 0 aromatic heterocycles. The molecular formula is C11H13F2N. The zero-order valence-electron chi connectivity index (χ0n) is 7.84. The number of halogens is 2. The smallest absolute Gasteiger partial charge is 0.263 e. The van der Waals surface area contributed by atoms with Gasteiger partial charge in [0.25, 0.3) is 6.43 Å². The number of hydrogen-bond acceptors (Lipinski definition) is 1. The van der Waals surface area contributed by atoms with Crippen LogP contribution >= 0.6 is 0 Å². The van der Waals surface area contributed by atoms with E-state index in [2.05, 4.69) is 5.32 Å². The molecule has 1 atom stereocenters. The lowest BCUT2D eigenvalue weighted by molar-refractivity contribution is 0.151. The molecule has 0 radical (unpaired) electrons. The maximum atomic E-state index is 12.3. The third-order valence-corrected chi connectivity index (χ3v) is 2.72. The molecule has 1 heterocycles. The van der Waals surface area contributed by atoms with Gasteiger partial charge in [-0.05, 0) is 24.4 Å². The SMILES string of the molecule is FC(F)c1ccc([C@H]2CCNC2)cc1. The van der Waals surface area contributed by atoms with Crippen LogP contribution in [0.2, 0.25) is 0 Å². The summed E-state index contributed by atoms with van der Waals surface area (Å²) < 4.78 is 24.5. The summed E-state index contributed by atoms with van der Waals surface area (Å²) >= 11 is 0. The fraction of sp³-hybridized carbons (Fsp3) is 0.455. The molecule has 1 aromatic rings. The number of benzene rings is 1. The Labute approximate surface area is 82.1 Å². The van der Waals surface area contributed by atoms with Gasteiger partial charge in [-0.2, -0.15) is 0 Å². The molecule has 1 nitrogen and oxygen atoms in total. The Hall–Kier alpha value is -0.960. The van der Waals surface area contributed by atoms with Gasteiger partial charge in [-0.3, -0.25) is 0 Å². The molecule has 1 aliphatic heterocycles. The second kappa shape index (κ2) is 4.05. The Kier molecular flexibility index (Phi) is 2.77. The number of alkyl halides is 2. The van der Waals surface area contributed by atoms with Crippen LogP contribution in [0.5, 0.6) is 0 Å². The minimum absolute atomic E-state index is 0.111. The summed E-state index contributed by atoms with van der Waals surface area (Å²) in [6.07, 6.45) is -1.25. The van der Waals surface area contributed by atoms with Gasteiger partial charge in [-0.1, -0.05) is 24.3 Å². The second-order valence-corrected chi connectivity index (χ2v) is 3.66. The van der Waals surface area contributed by atoms with E-state index in [0.717, 1.165) is 19.5 Å². The lowest BCUT2D eigenvalue weighted by Crippen LogP contribution is -2.07. The van der Waals surface area contributed by atoms with E-state index in [0.29, 0.717) is 5.92 Å². The molecule has 76 valence electrons. The first kappa shape index (κ1) is 9.59. The molecule has 1 aliphatic rings. The van der Waals surface area contributed by atoms with Crippen molar-refractivity contribution in [3.63, 3.8) is 0 Å². The van der Waals surface area contributed by atoms with E-state index in [-0.39, 0.29) is 5.56 Å². The molecule has 1 fully saturated rings. The van der Waals surface area contributed by atoms with Crippen molar-refractivity contribution >= 4 is 0 Å². The summed E-state index contributed by atoms with van der Waals surface area (Å²) in [6.45, 7) is 2.00. The second-order valence-electron chi connectivity index (χ2n) is 3.66. The zero-order chi connectivity index (χ0) is 9.97. The van der Waals surface area contributed by atoms with E-state index < -0.39 is 6.43 Å². The standard InChI is InChI=1S/C11H13F2N/c12-11(13)9-3-1-8(2-4-9)10-5-6-14-7-10/h1-4,10-11,14H,5-7H2/t10-/m0/s1. The molecule has 0 saturated carbocycles. The molecule has 1 aromatic carbocycles. The van der Waals surface area contributed by atoms with E-state index in [4.69, 9.17) is 0 Å². The van der Waals surface area contributed by atoms with E-state index in [1.165, 1.54) is 17.7 Å². The van der Waals surface area contributed by atoms with Crippen LogP contribution in [0.1, 0.15) is 29.9 Å². The van der Waals surface area contributed by atoms with E-state index in [1.54, 1.807) is 0 Å². The maximum Gasteiger partial charge on any atom is 0.263 e. The highest BCUT2D eigenvalue weighted by Gasteiger charge is 2.16. The van der Waals surface area contributed by atoms with Crippen LogP contribution in [0.3, 0.4) is 0 Å². The summed E-state index contributed by atoms with van der Waals surface area (Å²) in [5, 5.41) is 3.26. The normalized spacial score (nSPS) is 21.8. The largest absolute Gasteiger partial charge is 0.316 e. The first-order chi connectivity index (χ1) is 6.77. The highest BCUT2D eigenvalue weighted by molar-refractivity contribution is 5.26. The predicted molar refractivity (Wildman–Crippen MR) is 51.6 cm³/mol. The summed E-state index contributed by atoms with van der Waals surface area (Å²) in [5.74, 6) is 0.502. The van der Waals surface area contributed by atoms with Crippen LogP contribution in [-0.2, 0) is 0 Å². The van der Waals surface area contributed by atoms with Gasteiger partial charge < -0.3 is 5.32 Å². The van der Waals surface area contributed by atoms with Crippen molar-refractivity contribution in [2.45, 2.75) is 18.8 Å². The molecule has 0 bridgehead atoms. The topological polar surface area (TPSA) is 12.0 Å². The zero-order valence-corrected chi connectivity index (χ0v) is 7.84. The Balaban J connectivity index is 2.12. The molecule has 0 spiro atoms. The van der Waals surface area contributed by atoms with Gasteiger partial charge in [0.2, 0.25) is 0 Å². The van der Waals surface area contributed by atoms with E-state index in [1.807, 2.05) is 12.1 Å². The molecule has 0 unspecified atom stereocenters. The van der Waals surface area contributed by atoms with Gasteiger partial charge in [0.05, 0.1) is 0 Å². The number of rotatable bonds is 2. The van der Waals surface area contributed by atoms with Crippen molar-refractivity contribution in [1.82, 2.24) is 5.32 Å². The Bertz CT molecular complexity index is 289. The molecule has 1 saturated heterocycles. The minimum Gasteiger partial charge on any atom is -0.316 e. The molecule has 1 N–H and O–H groups in total. The average Bonchev–Trinajstić information content (AvgIpc) is 2.71. The lowest BCUT2D eigenvalue weighted by atomic mass is 9.97. The fourth-order valence-corrected chi connectivity index (χ4v) is 1.85. The maximum absolute atomic E-state index is 12.3. The first-order valence-electron chi connectivity index (χ1n) is 4.86. The van der Waals surface area contributed by atoms with Crippen LogP contribution in [0.15, 0.2) is 24.3 Å².